The van der Waals surface area contributed by atoms with E-state index in [9.17, 15) is 0 Å². The molecule has 76 valence electrons. The number of halogens is 2. The summed E-state index contributed by atoms with van der Waals surface area (Å²) in [5.41, 5.74) is 0. The van der Waals surface area contributed by atoms with Crippen LogP contribution in [0.4, 0.5) is 0 Å². The van der Waals surface area contributed by atoms with E-state index in [-0.39, 0.29) is 11.3 Å². The summed E-state index contributed by atoms with van der Waals surface area (Å²) in [5.74, 6) is 0.540. The molecule has 1 aliphatic carbocycles. The van der Waals surface area contributed by atoms with Crippen molar-refractivity contribution in [2.75, 3.05) is 0 Å². The Morgan fingerprint density at radius 1 is 1.29 bits per heavy atom. The zero-order chi connectivity index (χ0) is 9.97. The molecule has 1 fully saturated rings. The molecule has 1 saturated carbocycles. The molecule has 0 aromatic carbocycles. The van der Waals surface area contributed by atoms with Gasteiger partial charge in [0.15, 0.2) is 10.9 Å². The summed E-state index contributed by atoms with van der Waals surface area (Å²) in [7, 11) is 0. The fourth-order valence-electron chi connectivity index (χ4n) is 1.60. The van der Waals surface area contributed by atoms with Crippen LogP contribution in [0.5, 0.6) is 5.75 Å². The lowest BCUT2D eigenvalue weighted by atomic mass is 10.3. The quantitative estimate of drug-likeness (QED) is 0.787. The molecule has 1 aliphatic rings. The van der Waals surface area contributed by atoms with Gasteiger partial charge >= 0.3 is 0 Å². The maximum Gasteiger partial charge on any atom is 0.174 e. The third-order valence-electron chi connectivity index (χ3n) is 2.31. The monoisotopic (exact) mass is 232 g/mol. The van der Waals surface area contributed by atoms with Crippen molar-refractivity contribution < 1.29 is 4.74 Å². The van der Waals surface area contributed by atoms with Gasteiger partial charge in [0, 0.05) is 0 Å². The van der Waals surface area contributed by atoms with Gasteiger partial charge in [-0.2, -0.15) is 5.10 Å². The molecule has 0 aliphatic heterocycles. The zero-order valence-electron chi connectivity index (χ0n) is 7.54. The highest BCUT2D eigenvalue weighted by molar-refractivity contribution is 6.42. The minimum atomic E-state index is 0.196. The normalized spacial score (nSPS) is 17.3. The van der Waals surface area contributed by atoms with Crippen LogP contribution in [0.2, 0.25) is 10.2 Å². The molecule has 0 bridgehead atoms. The van der Waals surface area contributed by atoms with E-state index in [1.807, 2.05) is 0 Å². The Labute approximate surface area is 92.4 Å². The average molecular weight is 233 g/mol. The molecule has 0 amide bonds. The van der Waals surface area contributed by atoms with Crippen molar-refractivity contribution in [1.29, 1.82) is 0 Å². The number of hydrogen-bond donors (Lipinski definition) is 0. The van der Waals surface area contributed by atoms with Gasteiger partial charge in [-0.3, -0.25) is 0 Å². The van der Waals surface area contributed by atoms with Gasteiger partial charge in [-0.05, 0) is 25.7 Å². The van der Waals surface area contributed by atoms with Gasteiger partial charge in [0.2, 0.25) is 0 Å². The first-order chi connectivity index (χ1) is 6.77. The van der Waals surface area contributed by atoms with Crippen molar-refractivity contribution in [3.8, 4) is 5.75 Å². The maximum absolute atomic E-state index is 5.91. The second kappa shape index (κ2) is 4.32. The van der Waals surface area contributed by atoms with Crippen LogP contribution in [0, 0.1) is 0 Å². The summed E-state index contributed by atoms with van der Waals surface area (Å²) in [5, 5.41) is 7.86. The molecule has 3 nitrogen and oxygen atoms in total. The molecule has 0 radical (unpaired) electrons. The van der Waals surface area contributed by atoms with Gasteiger partial charge in [-0.15, -0.1) is 5.10 Å². The fraction of sp³-hybridized carbons (Fsp3) is 0.556. The summed E-state index contributed by atoms with van der Waals surface area (Å²) in [6, 6.07) is 0. The number of rotatable bonds is 2. The molecule has 0 unspecified atom stereocenters. The average Bonchev–Trinajstić information content (AvgIpc) is 2.66. The Morgan fingerprint density at radius 3 is 2.71 bits per heavy atom. The van der Waals surface area contributed by atoms with E-state index >= 15 is 0 Å². The third kappa shape index (κ3) is 2.10. The number of aromatic nitrogens is 2. The smallest absolute Gasteiger partial charge is 0.174 e. The minimum absolute atomic E-state index is 0.196. The van der Waals surface area contributed by atoms with E-state index in [4.69, 9.17) is 27.9 Å². The highest BCUT2D eigenvalue weighted by Gasteiger charge is 2.18. The Morgan fingerprint density at radius 2 is 2.00 bits per heavy atom. The van der Waals surface area contributed by atoms with Crippen molar-refractivity contribution in [2.24, 2.45) is 0 Å². The molecule has 0 N–H and O–H groups in total. The Hall–Kier alpha value is -0.540. The van der Waals surface area contributed by atoms with E-state index in [0.29, 0.717) is 10.8 Å². The molecule has 1 aromatic rings. The predicted molar refractivity (Wildman–Crippen MR) is 54.9 cm³/mol. The molecule has 5 heteroatoms. The summed E-state index contributed by atoms with van der Waals surface area (Å²) >= 11 is 11.6. The Bertz CT molecular complexity index is 327. The molecule has 2 rings (SSSR count). The lowest BCUT2D eigenvalue weighted by molar-refractivity contribution is 0.209. The second-order valence-electron chi connectivity index (χ2n) is 3.34. The maximum atomic E-state index is 5.91. The van der Waals surface area contributed by atoms with Crippen LogP contribution in [0.15, 0.2) is 6.20 Å². The molecular weight excluding hydrogens is 223 g/mol. The number of hydrogen-bond acceptors (Lipinski definition) is 3. The zero-order valence-corrected chi connectivity index (χ0v) is 9.05. The van der Waals surface area contributed by atoms with Crippen LogP contribution in [0.1, 0.15) is 25.7 Å². The van der Waals surface area contributed by atoms with Gasteiger partial charge in [-0.1, -0.05) is 23.2 Å². The van der Waals surface area contributed by atoms with Crippen molar-refractivity contribution in [3.05, 3.63) is 16.4 Å². The van der Waals surface area contributed by atoms with Crippen LogP contribution in [-0.4, -0.2) is 16.3 Å². The highest BCUT2D eigenvalue weighted by atomic mass is 35.5. The molecule has 14 heavy (non-hydrogen) atoms. The van der Waals surface area contributed by atoms with Gasteiger partial charge < -0.3 is 4.74 Å². The van der Waals surface area contributed by atoms with Crippen molar-refractivity contribution in [2.45, 2.75) is 31.8 Å². The van der Waals surface area contributed by atoms with Crippen molar-refractivity contribution in [3.63, 3.8) is 0 Å². The number of nitrogens with zero attached hydrogens (tertiary/aromatic N) is 2. The SMILES string of the molecule is Clc1nncc(OC2CCCC2)c1Cl. The lowest BCUT2D eigenvalue weighted by Gasteiger charge is -2.13. The first-order valence-corrected chi connectivity index (χ1v) is 5.36. The van der Waals surface area contributed by atoms with Crippen LogP contribution in [-0.2, 0) is 0 Å². The molecule has 0 spiro atoms. The predicted octanol–water partition coefficient (Wildman–Crippen LogP) is 3.10. The number of ether oxygens (including phenoxy) is 1. The summed E-state index contributed by atoms with van der Waals surface area (Å²) in [6.07, 6.45) is 6.36. The largest absolute Gasteiger partial charge is 0.487 e. The van der Waals surface area contributed by atoms with Crippen LogP contribution in [0.25, 0.3) is 0 Å². The standard InChI is InChI=1S/C9H10Cl2N2O/c10-8-7(5-12-13-9(8)11)14-6-3-1-2-4-6/h5-6H,1-4H2. The van der Waals surface area contributed by atoms with Gasteiger partial charge in [0.05, 0.1) is 12.3 Å². The van der Waals surface area contributed by atoms with Crippen molar-refractivity contribution >= 4 is 23.2 Å². The fourth-order valence-corrected chi connectivity index (χ4v) is 1.87. The minimum Gasteiger partial charge on any atom is -0.487 e. The molecule has 0 saturated heterocycles. The molecule has 1 aromatic heterocycles. The highest BCUT2D eigenvalue weighted by Crippen LogP contribution is 2.32. The molecular formula is C9H10Cl2N2O. The first kappa shape index (κ1) is 9.99. The Balaban J connectivity index is 2.11. The van der Waals surface area contributed by atoms with Crippen LogP contribution in [0.3, 0.4) is 0 Å². The summed E-state index contributed by atoms with van der Waals surface area (Å²) in [4.78, 5) is 0. The first-order valence-electron chi connectivity index (χ1n) is 4.60. The molecule has 1 heterocycles. The van der Waals surface area contributed by atoms with Gasteiger partial charge in [-0.25, -0.2) is 0 Å². The summed E-state index contributed by atoms with van der Waals surface area (Å²) in [6.45, 7) is 0. The van der Waals surface area contributed by atoms with E-state index in [1.54, 1.807) is 0 Å². The topological polar surface area (TPSA) is 35.0 Å². The van der Waals surface area contributed by atoms with Gasteiger partial charge in [0.25, 0.3) is 0 Å². The van der Waals surface area contributed by atoms with E-state index in [2.05, 4.69) is 10.2 Å². The second-order valence-corrected chi connectivity index (χ2v) is 4.07. The van der Waals surface area contributed by atoms with Crippen LogP contribution >= 0.6 is 23.2 Å². The van der Waals surface area contributed by atoms with Gasteiger partial charge in [0.1, 0.15) is 5.02 Å². The third-order valence-corrected chi connectivity index (χ3v) is 3.04. The summed E-state index contributed by atoms with van der Waals surface area (Å²) < 4.78 is 5.67. The van der Waals surface area contributed by atoms with Crippen molar-refractivity contribution in [1.82, 2.24) is 10.2 Å². The van der Waals surface area contributed by atoms with E-state index < -0.39 is 0 Å². The lowest BCUT2D eigenvalue weighted by Crippen LogP contribution is -2.11. The Kier molecular flexibility index (Phi) is 3.08. The van der Waals surface area contributed by atoms with E-state index in [1.165, 1.54) is 19.0 Å². The van der Waals surface area contributed by atoms with Crippen LogP contribution < -0.4 is 4.74 Å². The molecule has 0 atom stereocenters. The van der Waals surface area contributed by atoms with E-state index in [0.717, 1.165) is 12.8 Å².